The van der Waals surface area contributed by atoms with E-state index < -0.39 is 22.0 Å². The van der Waals surface area contributed by atoms with E-state index in [0.717, 1.165) is 5.56 Å². The number of aromatic nitrogens is 1. The average molecular weight is 436 g/mol. The first-order chi connectivity index (χ1) is 14.3. The third kappa shape index (κ3) is 4.34. The van der Waals surface area contributed by atoms with Crippen LogP contribution in [-0.2, 0) is 33.1 Å². The minimum atomic E-state index is -3.94. The number of benzene rings is 1. The van der Waals surface area contributed by atoms with Crippen molar-refractivity contribution in [3.8, 4) is 5.75 Å². The Labute approximate surface area is 175 Å². The molecule has 0 radical (unpaired) electrons. The summed E-state index contributed by atoms with van der Waals surface area (Å²) in [6, 6.07) is 7.73. The van der Waals surface area contributed by atoms with E-state index in [1.165, 1.54) is 28.2 Å². The van der Waals surface area contributed by atoms with Crippen molar-refractivity contribution in [2.24, 2.45) is 7.05 Å². The second-order valence-corrected chi connectivity index (χ2v) is 8.89. The number of esters is 1. The molecule has 1 fully saturated rings. The molecule has 30 heavy (non-hydrogen) atoms. The molecule has 0 unspecified atom stereocenters. The Bertz CT molecular complexity index is 1030. The Balaban J connectivity index is 1.73. The fraction of sp³-hybridized carbons (Fsp3) is 0.400. The molecular formula is C20H25N3O6S. The summed E-state index contributed by atoms with van der Waals surface area (Å²) in [6.45, 7) is 0.524. The number of nitrogens with one attached hydrogen (secondary N) is 1. The third-order valence-electron chi connectivity index (χ3n) is 5.11. The van der Waals surface area contributed by atoms with Gasteiger partial charge in [0, 0.05) is 26.3 Å². The van der Waals surface area contributed by atoms with Crippen molar-refractivity contribution in [2.45, 2.75) is 30.3 Å². The van der Waals surface area contributed by atoms with Crippen molar-refractivity contribution >= 4 is 21.9 Å². The Morgan fingerprint density at radius 3 is 2.53 bits per heavy atom. The van der Waals surface area contributed by atoms with Crippen LogP contribution in [0.5, 0.6) is 5.75 Å². The van der Waals surface area contributed by atoms with Crippen molar-refractivity contribution in [1.29, 1.82) is 0 Å². The molecule has 9 nitrogen and oxygen atoms in total. The van der Waals surface area contributed by atoms with Gasteiger partial charge in [0.2, 0.25) is 15.9 Å². The lowest BCUT2D eigenvalue weighted by molar-refractivity contribution is -0.124. The van der Waals surface area contributed by atoms with E-state index in [1.807, 2.05) is 12.1 Å². The summed E-state index contributed by atoms with van der Waals surface area (Å²) in [4.78, 5) is 24.5. The van der Waals surface area contributed by atoms with Crippen LogP contribution in [0.1, 0.15) is 28.9 Å². The van der Waals surface area contributed by atoms with Crippen LogP contribution in [0.4, 0.5) is 0 Å². The average Bonchev–Trinajstić information content (AvgIpc) is 3.39. The second-order valence-electron chi connectivity index (χ2n) is 7.00. The molecule has 1 aromatic carbocycles. The maximum atomic E-state index is 13.1. The van der Waals surface area contributed by atoms with Gasteiger partial charge in [0.25, 0.3) is 0 Å². The van der Waals surface area contributed by atoms with Gasteiger partial charge in [-0.2, -0.15) is 4.31 Å². The van der Waals surface area contributed by atoms with Gasteiger partial charge in [0.1, 0.15) is 22.4 Å². The summed E-state index contributed by atoms with van der Waals surface area (Å²) >= 11 is 0. The molecule has 162 valence electrons. The van der Waals surface area contributed by atoms with Crippen LogP contribution < -0.4 is 10.1 Å². The summed E-state index contributed by atoms with van der Waals surface area (Å²) in [7, 11) is 0.428. The predicted octanol–water partition coefficient (Wildman–Crippen LogP) is 1.29. The Kier molecular flexibility index (Phi) is 6.47. The van der Waals surface area contributed by atoms with Gasteiger partial charge in [-0.3, -0.25) is 4.79 Å². The maximum Gasteiger partial charge on any atom is 0.354 e. The van der Waals surface area contributed by atoms with E-state index >= 15 is 0 Å². The lowest BCUT2D eigenvalue weighted by Crippen LogP contribution is -2.45. The van der Waals surface area contributed by atoms with E-state index in [9.17, 15) is 18.0 Å². The van der Waals surface area contributed by atoms with Gasteiger partial charge in [0.15, 0.2) is 0 Å². The first kappa shape index (κ1) is 21.8. The molecule has 0 spiro atoms. The number of aryl methyl sites for hydroxylation is 1. The number of nitrogens with zero attached hydrogens (tertiary/aromatic N) is 2. The Hall–Kier alpha value is -2.85. The zero-order valence-corrected chi connectivity index (χ0v) is 17.9. The second kappa shape index (κ2) is 8.88. The molecule has 0 aliphatic carbocycles. The highest BCUT2D eigenvalue weighted by Crippen LogP contribution is 2.27. The van der Waals surface area contributed by atoms with E-state index in [2.05, 4.69) is 10.1 Å². The fourth-order valence-electron chi connectivity index (χ4n) is 3.46. The highest BCUT2D eigenvalue weighted by Gasteiger charge is 2.40. The Morgan fingerprint density at radius 1 is 1.20 bits per heavy atom. The van der Waals surface area contributed by atoms with Gasteiger partial charge in [-0.25, -0.2) is 13.2 Å². The third-order valence-corrected chi connectivity index (χ3v) is 6.99. The summed E-state index contributed by atoms with van der Waals surface area (Å²) in [5, 5.41) is 2.81. The normalized spacial score (nSPS) is 17.0. The van der Waals surface area contributed by atoms with Gasteiger partial charge in [-0.05, 0) is 36.6 Å². The Morgan fingerprint density at radius 2 is 1.90 bits per heavy atom. The first-order valence-corrected chi connectivity index (χ1v) is 10.9. The number of ether oxygens (including phenoxy) is 2. The number of amides is 1. The standard InChI is InChI=1S/C20H25N3O6S/c1-22-13-16(11-18(22)20(25)29-3)30(26,27)23-10-4-5-17(23)19(24)21-12-14-6-8-15(28-2)9-7-14/h6-9,11,13,17H,4-5,10,12H2,1-3H3,(H,21,24)/t17-/m0/s1. The van der Waals surface area contributed by atoms with Gasteiger partial charge in [0.05, 0.1) is 14.2 Å². The lowest BCUT2D eigenvalue weighted by Gasteiger charge is -2.23. The molecule has 10 heteroatoms. The van der Waals surface area contributed by atoms with Crippen molar-refractivity contribution in [3.63, 3.8) is 0 Å². The fourth-order valence-corrected chi connectivity index (χ4v) is 5.19. The van der Waals surface area contributed by atoms with Gasteiger partial charge in [-0.15, -0.1) is 0 Å². The van der Waals surface area contributed by atoms with Crippen LogP contribution in [0, 0.1) is 0 Å². The summed E-state index contributed by atoms with van der Waals surface area (Å²) in [6.07, 6.45) is 2.37. The first-order valence-electron chi connectivity index (χ1n) is 9.45. The van der Waals surface area contributed by atoms with Crippen molar-refractivity contribution in [3.05, 3.63) is 47.8 Å². The van der Waals surface area contributed by atoms with Gasteiger partial charge >= 0.3 is 5.97 Å². The molecule has 1 N–H and O–H groups in total. The van der Waals surface area contributed by atoms with Crippen LogP contribution in [0.2, 0.25) is 0 Å². The molecule has 1 atom stereocenters. The summed E-state index contributed by atoms with van der Waals surface area (Å²) in [5.41, 5.74) is 0.998. The van der Waals surface area contributed by atoms with Gasteiger partial charge in [-0.1, -0.05) is 12.1 Å². The minimum absolute atomic E-state index is 0.0414. The molecule has 1 aliphatic heterocycles. The molecule has 1 aromatic heterocycles. The van der Waals surface area contributed by atoms with Crippen LogP contribution in [-0.4, -0.2) is 56.0 Å². The number of sulfonamides is 1. The topological polar surface area (TPSA) is 107 Å². The molecule has 2 heterocycles. The smallest absolute Gasteiger partial charge is 0.354 e. The largest absolute Gasteiger partial charge is 0.497 e. The number of hydrogen-bond acceptors (Lipinski definition) is 6. The highest BCUT2D eigenvalue weighted by molar-refractivity contribution is 7.89. The van der Waals surface area contributed by atoms with E-state index in [4.69, 9.17) is 4.74 Å². The molecule has 2 aromatic rings. The zero-order valence-electron chi connectivity index (χ0n) is 17.1. The predicted molar refractivity (Wildman–Crippen MR) is 109 cm³/mol. The van der Waals surface area contributed by atoms with Crippen LogP contribution in [0.3, 0.4) is 0 Å². The molecule has 3 rings (SSSR count). The van der Waals surface area contributed by atoms with Crippen molar-refractivity contribution in [1.82, 2.24) is 14.2 Å². The minimum Gasteiger partial charge on any atom is -0.497 e. The molecule has 0 bridgehead atoms. The van der Waals surface area contributed by atoms with Gasteiger partial charge < -0.3 is 19.4 Å². The van der Waals surface area contributed by atoms with E-state index in [0.29, 0.717) is 18.6 Å². The van der Waals surface area contributed by atoms with E-state index in [1.54, 1.807) is 26.3 Å². The van der Waals surface area contributed by atoms with Crippen LogP contribution in [0.25, 0.3) is 0 Å². The monoisotopic (exact) mass is 435 g/mol. The lowest BCUT2D eigenvalue weighted by atomic mass is 10.2. The number of hydrogen-bond donors (Lipinski definition) is 1. The molecule has 0 saturated carbocycles. The van der Waals surface area contributed by atoms with E-state index in [-0.39, 0.29) is 29.6 Å². The maximum absolute atomic E-state index is 13.1. The zero-order chi connectivity index (χ0) is 21.9. The number of carbonyl (C=O) groups excluding carboxylic acids is 2. The SMILES string of the molecule is COC(=O)c1cc(S(=O)(=O)N2CCC[C@H]2C(=O)NCc2ccc(OC)cc2)cn1C. The van der Waals surface area contributed by atoms with Crippen LogP contribution >= 0.6 is 0 Å². The molecule has 1 saturated heterocycles. The molecule has 1 aliphatic rings. The number of rotatable bonds is 7. The highest BCUT2D eigenvalue weighted by atomic mass is 32.2. The summed E-state index contributed by atoms with van der Waals surface area (Å²) in [5.74, 6) is -0.266. The molecular weight excluding hydrogens is 410 g/mol. The quantitative estimate of drug-likeness (QED) is 0.657. The number of methoxy groups -OCH3 is 2. The molecule has 1 amide bonds. The van der Waals surface area contributed by atoms with Crippen molar-refractivity contribution in [2.75, 3.05) is 20.8 Å². The van der Waals surface area contributed by atoms with Crippen LogP contribution in [0.15, 0.2) is 41.4 Å². The number of carbonyl (C=O) groups is 2. The summed E-state index contributed by atoms with van der Waals surface area (Å²) < 4.78 is 38.7. The van der Waals surface area contributed by atoms with Crippen molar-refractivity contribution < 1.29 is 27.5 Å².